The molecule has 12 nitrogen and oxygen atoms in total. The molecule has 2 aromatic rings. The summed E-state index contributed by atoms with van der Waals surface area (Å²) < 4.78 is 5.68. The minimum atomic E-state index is -1.07. The molecule has 0 radical (unpaired) electrons. The van der Waals surface area contributed by atoms with Crippen molar-refractivity contribution in [3.05, 3.63) is 34.0 Å². The molecular weight excluding hydrogens is 556 g/mol. The van der Waals surface area contributed by atoms with Crippen LogP contribution < -0.4 is 16.4 Å². The number of nitrogens with two attached hydrogens (primary N) is 2. The second-order valence-electron chi connectivity index (χ2n) is 12.7. The molecule has 2 aliphatic rings. The quantitative estimate of drug-likeness (QED) is 0.227. The summed E-state index contributed by atoms with van der Waals surface area (Å²) in [6.45, 7) is 14.3. The topological polar surface area (TPSA) is 173 Å². The van der Waals surface area contributed by atoms with Gasteiger partial charge in [-0.2, -0.15) is 5.26 Å². The van der Waals surface area contributed by atoms with Gasteiger partial charge in [0.2, 0.25) is 5.95 Å². The molecule has 0 aromatic carbocycles. The number of nitriles is 1. The lowest BCUT2D eigenvalue weighted by atomic mass is 9.72. The third-order valence-corrected chi connectivity index (χ3v) is 8.96. The number of aromatic nitrogens is 2. The summed E-state index contributed by atoms with van der Waals surface area (Å²) in [5.41, 5.74) is 11.4. The zero-order chi connectivity index (χ0) is 31.0. The fourth-order valence-electron chi connectivity index (χ4n) is 5.46. The molecule has 4 rings (SSSR count). The van der Waals surface area contributed by atoms with E-state index in [1.54, 1.807) is 24.1 Å². The second-order valence-corrected chi connectivity index (χ2v) is 13.9. The van der Waals surface area contributed by atoms with Crippen molar-refractivity contribution < 1.29 is 19.2 Å². The summed E-state index contributed by atoms with van der Waals surface area (Å²) in [5.74, 6) is -0.279. The average molecular weight is 597 g/mol. The maximum absolute atomic E-state index is 13.3. The highest BCUT2D eigenvalue weighted by Crippen LogP contribution is 2.46. The van der Waals surface area contributed by atoms with E-state index in [9.17, 15) is 14.9 Å². The van der Waals surface area contributed by atoms with E-state index in [1.807, 2.05) is 46.4 Å². The van der Waals surface area contributed by atoms with Gasteiger partial charge in [-0.15, -0.1) is 11.3 Å². The Morgan fingerprint density at radius 1 is 1.26 bits per heavy atom. The summed E-state index contributed by atoms with van der Waals surface area (Å²) >= 11 is 1.34. The van der Waals surface area contributed by atoms with Crippen LogP contribution in [-0.2, 0) is 26.2 Å². The van der Waals surface area contributed by atoms with E-state index in [0.29, 0.717) is 53.7 Å². The van der Waals surface area contributed by atoms with Crippen LogP contribution in [0.1, 0.15) is 89.4 Å². The molecule has 2 aromatic heterocycles. The largest absolute Gasteiger partial charge is 0.444 e. The van der Waals surface area contributed by atoms with Gasteiger partial charge in [-0.1, -0.05) is 5.16 Å². The van der Waals surface area contributed by atoms with E-state index in [1.165, 1.54) is 11.3 Å². The summed E-state index contributed by atoms with van der Waals surface area (Å²) in [6.07, 6.45) is 3.88. The molecule has 1 amide bonds. The van der Waals surface area contributed by atoms with Crippen LogP contribution >= 0.6 is 11.3 Å². The van der Waals surface area contributed by atoms with Gasteiger partial charge < -0.3 is 30.8 Å². The van der Waals surface area contributed by atoms with E-state index in [-0.39, 0.29) is 18.0 Å². The lowest BCUT2D eigenvalue weighted by Crippen LogP contribution is -2.51. The number of anilines is 2. The van der Waals surface area contributed by atoms with Gasteiger partial charge in [0.15, 0.2) is 5.84 Å². The second kappa shape index (κ2) is 11.4. The average Bonchev–Trinajstić information content (AvgIpc) is 3.19. The minimum Gasteiger partial charge on any atom is -0.444 e. The number of ether oxygens (including phenoxy) is 1. The first-order valence-corrected chi connectivity index (χ1v) is 14.9. The molecule has 226 valence electrons. The first-order valence-electron chi connectivity index (χ1n) is 14.0. The molecular formula is C29H40N8O4S. The third-order valence-electron chi connectivity index (χ3n) is 7.88. The van der Waals surface area contributed by atoms with Gasteiger partial charge in [-0.25, -0.2) is 19.6 Å². The van der Waals surface area contributed by atoms with Crippen LogP contribution in [0.2, 0.25) is 0 Å². The summed E-state index contributed by atoms with van der Waals surface area (Å²) in [6, 6.07) is 3.60. The maximum atomic E-state index is 13.3. The number of carbonyl (C=O) groups excluding carboxylic acids is 2. The Balaban J connectivity index is 1.53. The molecule has 0 bridgehead atoms. The molecule has 0 saturated carbocycles. The van der Waals surface area contributed by atoms with Crippen molar-refractivity contribution in [3.63, 3.8) is 0 Å². The molecule has 1 fully saturated rings. The molecule has 13 heteroatoms. The van der Waals surface area contributed by atoms with Crippen LogP contribution in [0.15, 0.2) is 17.4 Å². The Labute approximate surface area is 250 Å². The number of aryl methyl sites for hydroxylation is 1. The van der Waals surface area contributed by atoms with Gasteiger partial charge in [-0.3, -0.25) is 0 Å². The molecule has 1 saturated heterocycles. The minimum absolute atomic E-state index is 0.0878. The van der Waals surface area contributed by atoms with E-state index in [4.69, 9.17) is 21.0 Å². The molecule has 4 N–H and O–H groups in total. The maximum Gasteiger partial charge on any atom is 0.410 e. The third kappa shape index (κ3) is 6.13. The zero-order valence-electron chi connectivity index (χ0n) is 25.4. The van der Waals surface area contributed by atoms with Gasteiger partial charge in [0.05, 0.1) is 11.0 Å². The molecule has 42 heavy (non-hydrogen) atoms. The molecule has 0 unspecified atom stereocenters. The number of amidine groups is 1. The van der Waals surface area contributed by atoms with Crippen LogP contribution in [0.25, 0.3) is 0 Å². The molecule has 3 heterocycles. The molecule has 1 aliphatic carbocycles. The molecule has 2 atom stereocenters. The summed E-state index contributed by atoms with van der Waals surface area (Å²) in [4.78, 5) is 45.5. The Morgan fingerprint density at radius 3 is 2.64 bits per heavy atom. The molecule has 1 aliphatic heterocycles. The normalized spacial score (nSPS) is 22.5. The number of carbonyl (C=O) groups is 2. The lowest BCUT2D eigenvalue weighted by Gasteiger charge is -2.38. The van der Waals surface area contributed by atoms with Gasteiger partial charge in [-0.05, 0) is 80.2 Å². The smallest absolute Gasteiger partial charge is 0.410 e. The van der Waals surface area contributed by atoms with Crippen LogP contribution in [0, 0.1) is 11.3 Å². The SMILES string of the molecule is C[C@H]1CN(C(=O)OC(C)(C)C)C(C)(C)CCN1c1nccc(/C(N)=N/OC(=O)[C@@]2(C)CCCc3sc(N)c(C#N)c32)n1. The molecule has 0 spiro atoms. The van der Waals surface area contributed by atoms with E-state index in [0.717, 1.165) is 17.7 Å². The highest BCUT2D eigenvalue weighted by atomic mass is 32.1. The van der Waals surface area contributed by atoms with Crippen molar-refractivity contribution in [2.75, 3.05) is 23.7 Å². The van der Waals surface area contributed by atoms with Crippen molar-refractivity contribution in [2.24, 2.45) is 10.9 Å². The fraction of sp³-hybridized carbons (Fsp3) is 0.586. The number of thiophene rings is 1. The van der Waals surface area contributed by atoms with Crippen molar-refractivity contribution >= 4 is 40.2 Å². The van der Waals surface area contributed by atoms with Crippen molar-refractivity contribution in [1.29, 1.82) is 5.26 Å². The number of hydrogen-bond acceptors (Lipinski definition) is 11. The zero-order valence-corrected chi connectivity index (χ0v) is 26.2. The van der Waals surface area contributed by atoms with E-state index < -0.39 is 22.5 Å². The van der Waals surface area contributed by atoms with Gasteiger partial charge in [0.1, 0.15) is 22.4 Å². The highest BCUT2D eigenvalue weighted by molar-refractivity contribution is 7.16. The number of rotatable bonds is 4. The summed E-state index contributed by atoms with van der Waals surface area (Å²) in [5, 5.41) is 14.0. The van der Waals surface area contributed by atoms with Crippen LogP contribution in [0.4, 0.5) is 15.7 Å². The Hall–Kier alpha value is -3.92. The van der Waals surface area contributed by atoms with Crippen LogP contribution in [0.5, 0.6) is 0 Å². The number of amides is 1. The van der Waals surface area contributed by atoms with E-state index in [2.05, 4.69) is 21.2 Å². The van der Waals surface area contributed by atoms with Crippen LogP contribution in [0.3, 0.4) is 0 Å². The van der Waals surface area contributed by atoms with Gasteiger partial charge in [0, 0.05) is 41.3 Å². The summed E-state index contributed by atoms with van der Waals surface area (Å²) in [7, 11) is 0. The Kier molecular flexibility index (Phi) is 8.42. The van der Waals surface area contributed by atoms with E-state index >= 15 is 0 Å². The lowest BCUT2D eigenvalue weighted by molar-refractivity contribution is -0.150. The predicted octanol–water partition coefficient (Wildman–Crippen LogP) is 4.06. The standard InChI is InChI=1S/C29H40N8O4S/c1-17-16-37(26(39)40-27(2,3)4)28(5,6)12-14-36(17)25-33-13-10-19(34-25)22(31)35-41-24(38)29(7)11-8-9-20-21(29)18(15-30)23(32)42-20/h10,13,17H,8-9,11-12,14,16,32H2,1-7H3,(H2,31,35)/t17-,29-/m0/s1. The van der Waals surface area contributed by atoms with Gasteiger partial charge in [0.25, 0.3) is 0 Å². The monoisotopic (exact) mass is 596 g/mol. The van der Waals surface area contributed by atoms with Gasteiger partial charge >= 0.3 is 12.1 Å². The number of oxime groups is 1. The Bertz CT molecular complexity index is 1440. The first-order chi connectivity index (χ1) is 19.6. The number of hydrogen-bond donors (Lipinski definition) is 2. The van der Waals surface area contributed by atoms with Crippen molar-refractivity contribution in [3.8, 4) is 6.07 Å². The number of nitrogen functional groups attached to an aromatic ring is 1. The Morgan fingerprint density at radius 2 is 1.98 bits per heavy atom. The number of fused-ring (bicyclic) bond motifs is 1. The predicted molar refractivity (Wildman–Crippen MR) is 161 cm³/mol. The fourth-order valence-corrected chi connectivity index (χ4v) is 6.65. The first kappa shape index (κ1) is 31.0. The van der Waals surface area contributed by atoms with Crippen molar-refractivity contribution in [1.82, 2.24) is 14.9 Å². The van der Waals surface area contributed by atoms with Crippen molar-refractivity contribution in [2.45, 2.75) is 96.7 Å². The van der Waals surface area contributed by atoms with Crippen LogP contribution in [-0.4, -0.2) is 63.0 Å². The number of nitrogens with zero attached hydrogens (tertiary/aromatic N) is 6. The highest BCUT2D eigenvalue weighted by Gasteiger charge is 2.45.